The van der Waals surface area contributed by atoms with Crippen LogP contribution in [0.4, 0.5) is 5.69 Å². The maximum absolute atomic E-state index is 9.10. The van der Waals surface area contributed by atoms with E-state index in [1.807, 2.05) is 37.4 Å². The Morgan fingerprint density at radius 3 is 2.60 bits per heavy atom. The summed E-state index contributed by atoms with van der Waals surface area (Å²) in [5.74, 6) is 0.845. The van der Waals surface area contributed by atoms with Crippen LogP contribution in [0.15, 0.2) is 42.5 Å². The minimum Gasteiger partial charge on any atom is -0.497 e. The molecule has 0 saturated carbocycles. The molecule has 0 heterocycles. The van der Waals surface area contributed by atoms with E-state index in [0.29, 0.717) is 5.02 Å². The van der Waals surface area contributed by atoms with Crippen molar-refractivity contribution in [2.24, 2.45) is 0 Å². The van der Waals surface area contributed by atoms with Crippen LogP contribution in [0.2, 0.25) is 5.02 Å². The van der Waals surface area contributed by atoms with Crippen molar-refractivity contribution in [3.05, 3.63) is 58.6 Å². The van der Waals surface area contributed by atoms with Crippen LogP contribution < -0.4 is 9.64 Å². The number of hydrogen-bond acceptors (Lipinski definition) is 3. The summed E-state index contributed by atoms with van der Waals surface area (Å²) >= 11 is 6.25. The van der Waals surface area contributed by atoms with E-state index in [1.54, 1.807) is 13.2 Å². The first kappa shape index (κ1) is 14.7. The van der Waals surface area contributed by atoms with Crippen LogP contribution in [0.5, 0.6) is 5.75 Å². The highest BCUT2D eigenvalue weighted by atomic mass is 35.5. The molecule has 2 aromatic rings. The Morgan fingerprint density at radius 1 is 1.15 bits per heavy atom. The van der Waals surface area contributed by atoms with Crippen LogP contribution >= 0.6 is 11.6 Å². The average molecular weight is 292 g/mol. The van der Waals surface area contributed by atoms with Gasteiger partial charge in [-0.1, -0.05) is 29.8 Å². The standard InChI is InChI=1S/C16H18ClNO2/c1-18(10-12-4-3-5-14(8-12)20-2)16-7-6-13(11-19)9-15(16)17/h3-9,19H,10-11H2,1-2H3. The SMILES string of the molecule is COc1cccc(CN(C)c2ccc(CO)cc2Cl)c1. The van der Waals surface area contributed by atoms with Crippen molar-refractivity contribution >= 4 is 17.3 Å². The second kappa shape index (κ2) is 6.64. The molecule has 3 nitrogen and oxygen atoms in total. The largest absolute Gasteiger partial charge is 0.497 e. The molecule has 0 aromatic heterocycles. The summed E-state index contributed by atoms with van der Waals surface area (Å²) in [5.41, 5.74) is 2.90. The molecule has 0 spiro atoms. The summed E-state index contributed by atoms with van der Waals surface area (Å²) in [6, 6.07) is 13.5. The van der Waals surface area contributed by atoms with E-state index in [4.69, 9.17) is 21.4 Å². The molecule has 0 atom stereocenters. The van der Waals surface area contributed by atoms with Crippen molar-refractivity contribution < 1.29 is 9.84 Å². The fourth-order valence-electron chi connectivity index (χ4n) is 2.09. The highest BCUT2D eigenvalue weighted by molar-refractivity contribution is 6.33. The van der Waals surface area contributed by atoms with Crippen LogP contribution in [0.3, 0.4) is 0 Å². The first-order chi connectivity index (χ1) is 9.63. The predicted octanol–water partition coefficient (Wildman–Crippen LogP) is 3.48. The third kappa shape index (κ3) is 3.44. The number of halogens is 1. The lowest BCUT2D eigenvalue weighted by atomic mass is 10.1. The molecule has 20 heavy (non-hydrogen) atoms. The van der Waals surface area contributed by atoms with E-state index in [0.717, 1.165) is 29.1 Å². The molecular weight excluding hydrogens is 274 g/mol. The molecule has 0 aliphatic rings. The van der Waals surface area contributed by atoms with Gasteiger partial charge in [0.05, 0.1) is 24.4 Å². The number of rotatable bonds is 5. The summed E-state index contributed by atoms with van der Waals surface area (Å²) in [6.07, 6.45) is 0. The Morgan fingerprint density at radius 2 is 1.95 bits per heavy atom. The van der Waals surface area contributed by atoms with Crippen molar-refractivity contribution in [3.8, 4) is 5.75 Å². The Bertz CT molecular complexity index is 586. The van der Waals surface area contributed by atoms with Gasteiger partial charge >= 0.3 is 0 Å². The van der Waals surface area contributed by atoms with Gasteiger partial charge in [-0.25, -0.2) is 0 Å². The molecule has 4 heteroatoms. The maximum atomic E-state index is 9.10. The second-order valence-corrected chi connectivity index (χ2v) is 5.06. The zero-order chi connectivity index (χ0) is 14.5. The monoisotopic (exact) mass is 291 g/mol. The Balaban J connectivity index is 2.16. The van der Waals surface area contributed by atoms with E-state index < -0.39 is 0 Å². The second-order valence-electron chi connectivity index (χ2n) is 4.65. The molecular formula is C16H18ClNO2. The van der Waals surface area contributed by atoms with Crippen LogP contribution in [-0.2, 0) is 13.2 Å². The topological polar surface area (TPSA) is 32.7 Å². The van der Waals surface area contributed by atoms with Gasteiger partial charge in [0.25, 0.3) is 0 Å². The predicted molar refractivity (Wildman–Crippen MR) is 82.5 cm³/mol. The number of aliphatic hydroxyl groups excluding tert-OH is 1. The molecule has 0 fully saturated rings. The molecule has 106 valence electrons. The van der Waals surface area contributed by atoms with Gasteiger partial charge in [0, 0.05) is 13.6 Å². The van der Waals surface area contributed by atoms with Crippen molar-refractivity contribution in [1.29, 1.82) is 0 Å². The molecule has 1 N–H and O–H groups in total. The Kier molecular flexibility index (Phi) is 4.88. The van der Waals surface area contributed by atoms with Crippen molar-refractivity contribution in [2.45, 2.75) is 13.2 Å². The minimum atomic E-state index is -0.000398. The molecule has 0 aliphatic heterocycles. The molecule has 0 radical (unpaired) electrons. The van der Waals surface area contributed by atoms with Gasteiger partial charge in [-0.15, -0.1) is 0 Å². The average Bonchev–Trinajstić information content (AvgIpc) is 2.47. The number of methoxy groups -OCH3 is 1. The number of aliphatic hydroxyl groups is 1. The van der Waals surface area contributed by atoms with Crippen molar-refractivity contribution in [2.75, 3.05) is 19.1 Å². The molecule has 2 rings (SSSR count). The van der Waals surface area contributed by atoms with Crippen molar-refractivity contribution in [3.63, 3.8) is 0 Å². The number of nitrogens with zero attached hydrogens (tertiary/aromatic N) is 1. The van der Waals surface area contributed by atoms with Crippen LogP contribution in [0, 0.1) is 0 Å². The maximum Gasteiger partial charge on any atom is 0.119 e. The summed E-state index contributed by atoms with van der Waals surface area (Å²) in [5, 5.41) is 9.74. The lowest BCUT2D eigenvalue weighted by Crippen LogP contribution is -2.16. The number of anilines is 1. The van der Waals surface area contributed by atoms with E-state index >= 15 is 0 Å². The number of ether oxygens (including phenoxy) is 1. The third-order valence-electron chi connectivity index (χ3n) is 3.16. The van der Waals surface area contributed by atoms with E-state index in [-0.39, 0.29) is 6.61 Å². The molecule has 0 unspecified atom stereocenters. The van der Waals surface area contributed by atoms with Gasteiger partial charge in [0.2, 0.25) is 0 Å². The smallest absolute Gasteiger partial charge is 0.119 e. The van der Waals surface area contributed by atoms with Crippen LogP contribution in [-0.4, -0.2) is 19.3 Å². The fraction of sp³-hybridized carbons (Fsp3) is 0.250. The summed E-state index contributed by atoms with van der Waals surface area (Å²) in [4.78, 5) is 2.07. The highest BCUT2D eigenvalue weighted by Crippen LogP contribution is 2.27. The zero-order valence-electron chi connectivity index (χ0n) is 11.6. The lowest BCUT2D eigenvalue weighted by Gasteiger charge is -2.21. The van der Waals surface area contributed by atoms with Gasteiger partial charge in [-0.3, -0.25) is 0 Å². The fourth-order valence-corrected chi connectivity index (χ4v) is 2.44. The first-order valence-electron chi connectivity index (χ1n) is 6.37. The van der Waals surface area contributed by atoms with Crippen LogP contribution in [0.25, 0.3) is 0 Å². The van der Waals surface area contributed by atoms with E-state index in [1.165, 1.54) is 0 Å². The normalized spacial score (nSPS) is 10.4. The number of hydrogen-bond donors (Lipinski definition) is 1. The Labute approximate surface area is 124 Å². The third-order valence-corrected chi connectivity index (χ3v) is 3.46. The lowest BCUT2D eigenvalue weighted by molar-refractivity contribution is 0.282. The first-order valence-corrected chi connectivity index (χ1v) is 6.75. The van der Waals surface area contributed by atoms with E-state index in [9.17, 15) is 0 Å². The van der Waals surface area contributed by atoms with Gasteiger partial charge < -0.3 is 14.7 Å². The molecule has 0 bridgehead atoms. The molecule has 0 amide bonds. The highest BCUT2D eigenvalue weighted by Gasteiger charge is 2.08. The Hall–Kier alpha value is -1.71. The quantitative estimate of drug-likeness (QED) is 0.915. The zero-order valence-corrected chi connectivity index (χ0v) is 12.4. The van der Waals surface area contributed by atoms with Crippen molar-refractivity contribution in [1.82, 2.24) is 0 Å². The van der Waals surface area contributed by atoms with Gasteiger partial charge in [0.15, 0.2) is 0 Å². The van der Waals surface area contributed by atoms with Gasteiger partial charge in [-0.05, 0) is 35.4 Å². The summed E-state index contributed by atoms with van der Waals surface area (Å²) in [6.45, 7) is 0.731. The summed E-state index contributed by atoms with van der Waals surface area (Å²) in [7, 11) is 3.65. The molecule has 0 aliphatic carbocycles. The van der Waals surface area contributed by atoms with Crippen LogP contribution in [0.1, 0.15) is 11.1 Å². The minimum absolute atomic E-state index is 0.000398. The van der Waals surface area contributed by atoms with E-state index in [2.05, 4.69) is 11.0 Å². The number of benzene rings is 2. The van der Waals surface area contributed by atoms with Gasteiger partial charge in [0.1, 0.15) is 5.75 Å². The molecule has 0 saturated heterocycles. The summed E-state index contributed by atoms with van der Waals surface area (Å²) < 4.78 is 5.22. The molecule has 2 aromatic carbocycles. The van der Waals surface area contributed by atoms with Gasteiger partial charge in [-0.2, -0.15) is 0 Å².